The molecule has 0 aromatic carbocycles. The van der Waals surface area contributed by atoms with Crippen molar-refractivity contribution >= 4 is 21.8 Å². The number of hydrogen-bond donors (Lipinski definition) is 0. The minimum atomic E-state index is -0.196. The lowest BCUT2D eigenvalue weighted by atomic mass is 10.3. The molecule has 0 aliphatic heterocycles. The second kappa shape index (κ2) is 6.35. The molecule has 1 aliphatic rings. The van der Waals surface area contributed by atoms with E-state index in [4.69, 9.17) is 4.42 Å². The third-order valence-corrected chi connectivity index (χ3v) is 4.70. The van der Waals surface area contributed by atoms with E-state index in [0.717, 1.165) is 16.0 Å². The fourth-order valence-electron chi connectivity index (χ4n) is 2.61. The minimum absolute atomic E-state index is 0.0159. The molecule has 6 heteroatoms. The molecular formula is C17H19BrN2O3. The molecule has 0 spiro atoms. The Kier molecular flexibility index (Phi) is 4.43. The molecule has 0 bridgehead atoms. The number of pyridine rings is 1. The van der Waals surface area contributed by atoms with Crippen LogP contribution in [0, 0.1) is 5.92 Å². The van der Waals surface area contributed by atoms with Crippen molar-refractivity contribution in [2.75, 3.05) is 7.05 Å². The van der Waals surface area contributed by atoms with Crippen molar-refractivity contribution in [1.82, 2.24) is 9.47 Å². The van der Waals surface area contributed by atoms with Crippen LogP contribution in [-0.2, 0) is 17.9 Å². The average Bonchev–Trinajstić information content (AvgIpc) is 3.05. The van der Waals surface area contributed by atoms with Crippen LogP contribution in [-0.4, -0.2) is 22.4 Å². The summed E-state index contributed by atoms with van der Waals surface area (Å²) >= 11 is 3.30. The Morgan fingerprint density at radius 3 is 2.83 bits per heavy atom. The number of aromatic nitrogens is 1. The summed E-state index contributed by atoms with van der Waals surface area (Å²) < 4.78 is 7.98. The van der Waals surface area contributed by atoms with Crippen LogP contribution in [0.4, 0.5) is 0 Å². The van der Waals surface area contributed by atoms with Gasteiger partial charge in [0.15, 0.2) is 0 Å². The summed E-state index contributed by atoms with van der Waals surface area (Å²) in [6.07, 6.45) is 2.79. The van der Waals surface area contributed by atoms with Crippen LogP contribution in [0.25, 0.3) is 0 Å². The van der Waals surface area contributed by atoms with Crippen LogP contribution in [0.2, 0.25) is 0 Å². The first-order valence-electron chi connectivity index (χ1n) is 7.62. The summed E-state index contributed by atoms with van der Waals surface area (Å²) in [7, 11) is 1.72. The Morgan fingerprint density at radius 2 is 2.13 bits per heavy atom. The van der Waals surface area contributed by atoms with E-state index >= 15 is 0 Å². The minimum Gasteiger partial charge on any atom is -0.464 e. The molecule has 0 N–H and O–H groups in total. The lowest BCUT2D eigenvalue weighted by Gasteiger charge is -2.16. The fourth-order valence-corrected chi connectivity index (χ4v) is 2.99. The Labute approximate surface area is 143 Å². The fraction of sp³-hybridized carbons (Fsp3) is 0.412. The molecule has 1 amide bonds. The van der Waals surface area contributed by atoms with Crippen molar-refractivity contribution in [3.63, 3.8) is 0 Å². The number of nitrogens with zero attached hydrogens (tertiary/aromatic N) is 2. The Morgan fingerprint density at radius 1 is 1.39 bits per heavy atom. The van der Waals surface area contributed by atoms with E-state index in [9.17, 15) is 9.59 Å². The van der Waals surface area contributed by atoms with Gasteiger partial charge in [-0.3, -0.25) is 9.59 Å². The predicted octanol–water partition coefficient (Wildman–Crippen LogP) is 2.99. The Bertz CT molecular complexity index is 780. The van der Waals surface area contributed by atoms with Crippen LogP contribution in [0.3, 0.4) is 0 Å². The van der Waals surface area contributed by atoms with Gasteiger partial charge < -0.3 is 13.9 Å². The molecule has 122 valence electrons. The zero-order valence-electron chi connectivity index (χ0n) is 13.2. The molecule has 2 atom stereocenters. The normalized spacial score (nSPS) is 19.6. The zero-order valence-corrected chi connectivity index (χ0v) is 14.7. The second-order valence-electron chi connectivity index (χ2n) is 6.19. The second-order valence-corrected chi connectivity index (χ2v) is 7.10. The standard InChI is InChI=1S/C17H19BrN2O3/c1-11-7-14(11)15-5-4-13(23-15)9-19(2)17(22)10-20-8-12(18)3-6-16(20)21/h3-6,8,11,14H,7,9-10H2,1-2H3/t11-,14-/m0/s1. The number of furan rings is 1. The van der Waals surface area contributed by atoms with Gasteiger partial charge in [0.05, 0.1) is 6.54 Å². The van der Waals surface area contributed by atoms with E-state index in [2.05, 4.69) is 22.9 Å². The number of halogens is 1. The maximum atomic E-state index is 12.3. The first-order valence-corrected chi connectivity index (χ1v) is 8.42. The van der Waals surface area contributed by atoms with Crippen molar-refractivity contribution in [3.8, 4) is 0 Å². The highest BCUT2D eigenvalue weighted by atomic mass is 79.9. The summed E-state index contributed by atoms with van der Waals surface area (Å²) in [5.41, 5.74) is -0.196. The summed E-state index contributed by atoms with van der Waals surface area (Å²) in [5.74, 6) is 2.87. The molecule has 1 aliphatic carbocycles. The van der Waals surface area contributed by atoms with E-state index in [1.54, 1.807) is 24.2 Å². The van der Waals surface area contributed by atoms with Gasteiger partial charge in [-0.1, -0.05) is 6.92 Å². The largest absolute Gasteiger partial charge is 0.464 e. The summed E-state index contributed by atoms with van der Waals surface area (Å²) in [5, 5.41) is 0. The smallest absolute Gasteiger partial charge is 0.251 e. The molecule has 2 heterocycles. The quantitative estimate of drug-likeness (QED) is 0.803. The third kappa shape index (κ3) is 3.75. The monoisotopic (exact) mass is 378 g/mol. The first kappa shape index (κ1) is 16.1. The lowest BCUT2D eigenvalue weighted by Crippen LogP contribution is -2.33. The van der Waals surface area contributed by atoms with Gasteiger partial charge in [0.2, 0.25) is 5.91 Å². The topological polar surface area (TPSA) is 55.5 Å². The van der Waals surface area contributed by atoms with Gasteiger partial charge in [-0.2, -0.15) is 0 Å². The number of likely N-dealkylation sites (N-methyl/N-ethyl adjacent to an activating group) is 1. The molecule has 3 rings (SSSR count). The van der Waals surface area contributed by atoms with Crippen LogP contribution >= 0.6 is 15.9 Å². The highest BCUT2D eigenvalue weighted by Crippen LogP contribution is 2.47. The number of carbonyl (C=O) groups excluding carboxylic acids is 1. The number of carbonyl (C=O) groups is 1. The molecule has 1 fully saturated rings. The van der Waals surface area contributed by atoms with Gasteiger partial charge in [-0.25, -0.2) is 0 Å². The van der Waals surface area contributed by atoms with E-state index in [0.29, 0.717) is 18.4 Å². The molecule has 23 heavy (non-hydrogen) atoms. The predicted molar refractivity (Wildman–Crippen MR) is 90.1 cm³/mol. The van der Waals surface area contributed by atoms with E-state index < -0.39 is 0 Å². The van der Waals surface area contributed by atoms with Crippen molar-refractivity contribution < 1.29 is 9.21 Å². The number of rotatable bonds is 5. The van der Waals surface area contributed by atoms with Crippen LogP contribution in [0.15, 0.2) is 44.1 Å². The SMILES string of the molecule is C[C@H]1C[C@@H]1c1ccc(CN(C)C(=O)Cn2cc(Br)ccc2=O)o1. The third-order valence-electron chi connectivity index (χ3n) is 4.23. The molecule has 2 aromatic heterocycles. The van der Waals surface area contributed by atoms with Crippen molar-refractivity contribution in [2.45, 2.75) is 32.4 Å². The molecule has 0 unspecified atom stereocenters. The van der Waals surface area contributed by atoms with E-state index in [1.807, 2.05) is 12.1 Å². The number of amides is 1. The van der Waals surface area contributed by atoms with Gasteiger partial charge in [0, 0.05) is 29.7 Å². The van der Waals surface area contributed by atoms with E-state index in [1.165, 1.54) is 17.1 Å². The van der Waals surface area contributed by atoms with Gasteiger partial charge in [-0.15, -0.1) is 0 Å². The van der Waals surface area contributed by atoms with Crippen LogP contribution < -0.4 is 5.56 Å². The van der Waals surface area contributed by atoms with Crippen molar-refractivity contribution in [1.29, 1.82) is 0 Å². The zero-order chi connectivity index (χ0) is 16.6. The van der Waals surface area contributed by atoms with Crippen LogP contribution in [0.5, 0.6) is 0 Å². The molecule has 2 aromatic rings. The summed E-state index contributed by atoms with van der Waals surface area (Å²) in [6, 6.07) is 7.03. The van der Waals surface area contributed by atoms with E-state index in [-0.39, 0.29) is 18.0 Å². The first-order chi connectivity index (χ1) is 10.9. The summed E-state index contributed by atoms with van der Waals surface area (Å²) in [4.78, 5) is 25.6. The molecular weight excluding hydrogens is 360 g/mol. The molecule has 0 radical (unpaired) electrons. The lowest BCUT2D eigenvalue weighted by molar-refractivity contribution is -0.131. The number of hydrogen-bond acceptors (Lipinski definition) is 3. The van der Waals surface area contributed by atoms with Crippen molar-refractivity contribution in [3.05, 3.63) is 56.8 Å². The molecule has 1 saturated carbocycles. The highest BCUT2D eigenvalue weighted by molar-refractivity contribution is 9.10. The summed E-state index contributed by atoms with van der Waals surface area (Å²) in [6.45, 7) is 2.63. The molecule has 0 saturated heterocycles. The average molecular weight is 379 g/mol. The van der Waals surface area contributed by atoms with Crippen molar-refractivity contribution in [2.24, 2.45) is 5.92 Å². The Hall–Kier alpha value is -1.82. The van der Waals surface area contributed by atoms with Gasteiger partial charge >= 0.3 is 0 Å². The maximum Gasteiger partial charge on any atom is 0.251 e. The highest BCUT2D eigenvalue weighted by Gasteiger charge is 2.36. The van der Waals surface area contributed by atoms with Gasteiger partial charge in [0.25, 0.3) is 5.56 Å². The maximum absolute atomic E-state index is 12.3. The molecule has 5 nitrogen and oxygen atoms in total. The van der Waals surface area contributed by atoms with Gasteiger partial charge in [-0.05, 0) is 46.5 Å². The van der Waals surface area contributed by atoms with Gasteiger partial charge in [0.1, 0.15) is 18.1 Å². The van der Waals surface area contributed by atoms with Crippen LogP contribution in [0.1, 0.15) is 30.8 Å². The Balaban J connectivity index is 1.62.